The highest BCUT2D eigenvalue weighted by molar-refractivity contribution is 5.88. The van der Waals surface area contributed by atoms with Crippen LogP contribution in [0.1, 0.15) is 49.7 Å². The van der Waals surface area contributed by atoms with E-state index in [0.29, 0.717) is 11.9 Å². The summed E-state index contributed by atoms with van der Waals surface area (Å²) in [4.78, 5) is 15.5. The molecule has 3 rings (SSSR count). The SMILES string of the molecule is Cc1cccc(C2(C(=O)N(C)C3CCNC3)CCCCC2)c1. The Morgan fingerprint density at radius 2 is 2.05 bits per heavy atom. The maximum Gasteiger partial charge on any atom is 0.233 e. The zero-order valence-electron chi connectivity index (χ0n) is 13.9. The molecule has 22 heavy (non-hydrogen) atoms. The second-order valence-electron chi connectivity index (χ2n) is 7.07. The molecule has 0 radical (unpaired) electrons. The fraction of sp³-hybridized carbons (Fsp3) is 0.632. The molecule has 3 nitrogen and oxygen atoms in total. The maximum atomic E-state index is 13.4. The number of nitrogens with one attached hydrogen (secondary N) is 1. The molecule has 2 aliphatic rings. The van der Waals surface area contributed by atoms with E-state index in [1.165, 1.54) is 17.5 Å². The zero-order valence-corrected chi connectivity index (χ0v) is 13.9. The molecule has 1 heterocycles. The lowest BCUT2D eigenvalue weighted by Crippen LogP contribution is -2.50. The van der Waals surface area contributed by atoms with Crippen LogP contribution >= 0.6 is 0 Å². The molecule has 1 aliphatic heterocycles. The molecule has 1 unspecified atom stereocenters. The minimum Gasteiger partial charge on any atom is -0.341 e. The van der Waals surface area contributed by atoms with Crippen LogP contribution in [0.15, 0.2) is 24.3 Å². The van der Waals surface area contributed by atoms with Gasteiger partial charge in [0.25, 0.3) is 0 Å². The molecule has 0 bridgehead atoms. The molecule has 1 aromatic carbocycles. The van der Waals surface area contributed by atoms with Crippen molar-refractivity contribution in [2.75, 3.05) is 20.1 Å². The number of hydrogen-bond acceptors (Lipinski definition) is 2. The molecule has 1 aromatic rings. The summed E-state index contributed by atoms with van der Waals surface area (Å²) < 4.78 is 0. The average Bonchev–Trinajstić information content (AvgIpc) is 3.08. The standard InChI is InChI=1S/C19H28N2O/c1-15-7-6-8-16(13-15)19(10-4-3-5-11-19)18(22)21(2)17-9-12-20-14-17/h6-8,13,17,20H,3-5,9-12,14H2,1-2H3. The Morgan fingerprint density at radius 3 is 2.68 bits per heavy atom. The van der Waals surface area contributed by atoms with Gasteiger partial charge in [-0.2, -0.15) is 0 Å². The summed E-state index contributed by atoms with van der Waals surface area (Å²) in [7, 11) is 2.01. The third-order valence-electron chi connectivity index (χ3n) is 5.59. The van der Waals surface area contributed by atoms with Gasteiger partial charge in [-0.25, -0.2) is 0 Å². The van der Waals surface area contributed by atoms with Crippen LogP contribution in [-0.2, 0) is 10.2 Å². The number of nitrogens with zero attached hydrogens (tertiary/aromatic N) is 1. The Morgan fingerprint density at radius 1 is 1.27 bits per heavy atom. The minimum absolute atomic E-state index is 0.290. The van der Waals surface area contributed by atoms with Crippen molar-refractivity contribution in [3.05, 3.63) is 35.4 Å². The van der Waals surface area contributed by atoms with Crippen molar-refractivity contribution >= 4 is 5.91 Å². The minimum atomic E-state index is -0.290. The van der Waals surface area contributed by atoms with Crippen LogP contribution < -0.4 is 5.32 Å². The second-order valence-corrected chi connectivity index (χ2v) is 7.07. The van der Waals surface area contributed by atoms with E-state index < -0.39 is 0 Å². The summed E-state index contributed by atoms with van der Waals surface area (Å²) in [5.41, 5.74) is 2.19. The van der Waals surface area contributed by atoms with Crippen molar-refractivity contribution in [1.82, 2.24) is 10.2 Å². The first-order chi connectivity index (χ1) is 10.6. The number of aryl methyl sites for hydroxylation is 1. The highest BCUT2D eigenvalue weighted by Crippen LogP contribution is 2.41. The fourth-order valence-electron chi connectivity index (χ4n) is 4.20. The van der Waals surface area contributed by atoms with E-state index in [2.05, 4.69) is 36.5 Å². The zero-order chi connectivity index (χ0) is 15.6. The van der Waals surface area contributed by atoms with Gasteiger partial charge in [-0.1, -0.05) is 49.1 Å². The fourth-order valence-corrected chi connectivity index (χ4v) is 4.20. The Balaban J connectivity index is 1.93. The van der Waals surface area contributed by atoms with Crippen molar-refractivity contribution < 1.29 is 4.79 Å². The van der Waals surface area contributed by atoms with E-state index in [4.69, 9.17) is 0 Å². The van der Waals surface area contributed by atoms with E-state index >= 15 is 0 Å². The Bertz CT molecular complexity index is 528. The summed E-state index contributed by atoms with van der Waals surface area (Å²) in [6.45, 7) is 4.08. The number of likely N-dealkylation sites (N-methyl/N-ethyl adjacent to an activating group) is 1. The van der Waals surface area contributed by atoms with Crippen LogP contribution in [0.2, 0.25) is 0 Å². The van der Waals surface area contributed by atoms with Gasteiger partial charge in [-0.15, -0.1) is 0 Å². The summed E-state index contributed by atoms with van der Waals surface area (Å²) in [5.74, 6) is 0.339. The lowest BCUT2D eigenvalue weighted by Gasteiger charge is -2.41. The first kappa shape index (κ1) is 15.5. The van der Waals surface area contributed by atoms with Crippen LogP contribution in [0, 0.1) is 6.92 Å². The highest BCUT2D eigenvalue weighted by atomic mass is 16.2. The normalized spacial score (nSPS) is 24.2. The van der Waals surface area contributed by atoms with E-state index in [-0.39, 0.29) is 5.41 Å². The molecule has 3 heteroatoms. The Hall–Kier alpha value is -1.35. The Labute approximate surface area is 134 Å². The first-order valence-electron chi connectivity index (χ1n) is 8.69. The monoisotopic (exact) mass is 300 g/mol. The highest BCUT2D eigenvalue weighted by Gasteiger charge is 2.44. The van der Waals surface area contributed by atoms with Gasteiger partial charge in [-0.3, -0.25) is 4.79 Å². The van der Waals surface area contributed by atoms with E-state index in [1.54, 1.807) is 0 Å². The van der Waals surface area contributed by atoms with E-state index in [9.17, 15) is 4.79 Å². The smallest absolute Gasteiger partial charge is 0.233 e. The van der Waals surface area contributed by atoms with Gasteiger partial charge in [0.05, 0.1) is 5.41 Å². The summed E-state index contributed by atoms with van der Waals surface area (Å²) in [6, 6.07) is 8.97. The molecule has 1 saturated heterocycles. The molecule has 1 N–H and O–H groups in total. The van der Waals surface area contributed by atoms with Crippen molar-refractivity contribution in [3.8, 4) is 0 Å². The molecule has 1 saturated carbocycles. The van der Waals surface area contributed by atoms with Crippen LogP contribution in [0.3, 0.4) is 0 Å². The largest absolute Gasteiger partial charge is 0.341 e. The summed E-state index contributed by atoms with van der Waals surface area (Å²) in [6.07, 6.45) is 6.66. The second kappa shape index (κ2) is 6.41. The van der Waals surface area contributed by atoms with Gasteiger partial charge in [0.15, 0.2) is 0 Å². The van der Waals surface area contributed by atoms with Crippen molar-refractivity contribution in [1.29, 1.82) is 0 Å². The van der Waals surface area contributed by atoms with Crippen LogP contribution in [0.25, 0.3) is 0 Å². The molecule has 1 atom stereocenters. The molecule has 0 spiro atoms. The van der Waals surface area contributed by atoms with Gasteiger partial charge < -0.3 is 10.2 Å². The topological polar surface area (TPSA) is 32.3 Å². The molecular formula is C19H28N2O. The van der Waals surface area contributed by atoms with Gasteiger partial charge in [0.1, 0.15) is 0 Å². The average molecular weight is 300 g/mol. The molecule has 0 aromatic heterocycles. The maximum absolute atomic E-state index is 13.4. The number of carbonyl (C=O) groups is 1. The van der Waals surface area contributed by atoms with Gasteiger partial charge in [0, 0.05) is 19.6 Å². The van der Waals surface area contributed by atoms with Crippen molar-refractivity contribution in [2.24, 2.45) is 0 Å². The number of rotatable bonds is 3. The molecule has 2 fully saturated rings. The third-order valence-corrected chi connectivity index (χ3v) is 5.59. The van der Waals surface area contributed by atoms with Crippen LogP contribution in [0.4, 0.5) is 0 Å². The van der Waals surface area contributed by atoms with Crippen molar-refractivity contribution in [2.45, 2.75) is 56.9 Å². The molecule has 1 aliphatic carbocycles. The summed E-state index contributed by atoms with van der Waals surface area (Å²) in [5, 5.41) is 3.38. The predicted molar refractivity (Wildman–Crippen MR) is 90.0 cm³/mol. The van der Waals surface area contributed by atoms with Gasteiger partial charge in [0.2, 0.25) is 5.91 Å². The lowest BCUT2D eigenvalue weighted by molar-refractivity contribution is -0.139. The Kier molecular flexibility index (Phi) is 4.53. The number of amides is 1. The number of carbonyl (C=O) groups excluding carboxylic acids is 1. The summed E-state index contributed by atoms with van der Waals surface area (Å²) >= 11 is 0. The first-order valence-corrected chi connectivity index (χ1v) is 8.69. The van der Waals surface area contributed by atoms with E-state index in [0.717, 1.165) is 45.2 Å². The lowest BCUT2D eigenvalue weighted by atomic mass is 9.68. The third kappa shape index (κ3) is 2.79. The number of benzene rings is 1. The van der Waals surface area contributed by atoms with E-state index in [1.807, 2.05) is 11.9 Å². The molecule has 120 valence electrons. The van der Waals surface area contributed by atoms with Gasteiger partial charge in [-0.05, 0) is 38.3 Å². The number of hydrogen-bond donors (Lipinski definition) is 1. The van der Waals surface area contributed by atoms with Crippen LogP contribution in [0.5, 0.6) is 0 Å². The van der Waals surface area contributed by atoms with Crippen LogP contribution in [-0.4, -0.2) is 37.0 Å². The molecular weight excluding hydrogens is 272 g/mol. The predicted octanol–water partition coefficient (Wildman–Crippen LogP) is 3.02. The quantitative estimate of drug-likeness (QED) is 0.930. The molecule has 1 amide bonds. The van der Waals surface area contributed by atoms with Crippen molar-refractivity contribution in [3.63, 3.8) is 0 Å². The van der Waals surface area contributed by atoms with Gasteiger partial charge >= 0.3 is 0 Å².